The minimum atomic E-state index is -3.98. The lowest BCUT2D eigenvalue weighted by atomic mass is 10.0. The van der Waals surface area contributed by atoms with Gasteiger partial charge in [0.25, 0.3) is 0 Å². The van der Waals surface area contributed by atoms with Crippen molar-refractivity contribution >= 4 is 7.60 Å². The standard InChI is InChI=1S/C18H37O4P/c19-23(20,21)17-18-15-13-11-9-7-5-3-1-2-4-6-8-10-12-14-16-22-18/h18H,1-17H2,(H2,19,20,21). The molecule has 0 aromatic rings. The maximum absolute atomic E-state index is 11.2. The van der Waals surface area contributed by atoms with Crippen molar-refractivity contribution in [2.24, 2.45) is 0 Å². The molecule has 4 nitrogen and oxygen atoms in total. The quantitative estimate of drug-likeness (QED) is 0.654. The van der Waals surface area contributed by atoms with Gasteiger partial charge in [0.05, 0.1) is 12.3 Å². The molecule has 0 radical (unpaired) electrons. The van der Waals surface area contributed by atoms with Gasteiger partial charge in [-0.2, -0.15) is 0 Å². The summed E-state index contributed by atoms with van der Waals surface area (Å²) in [4.78, 5) is 18.4. The minimum Gasteiger partial charge on any atom is -0.378 e. The van der Waals surface area contributed by atoms with E-state index in [0.717, 1.165) is 25.7 Å². The van der Waals surface area contributed by atoms with Crippen molar-refractivity contribution in [3.63, 3.8) is 0 Å². The van der Waals surface area contributed by atoms with Gasteiger partial charge in [0.15, 0.2) is 0 Å². The summed E-state index contributed by atoms with van der Waals surface area (Å²) in [5, 5.41) is 0. The van der Waals surface area contributed by atoms with Crippen molar-refractivity contribution in [1.82, 2.24) is 0 Å². The molecule has 0 amide bonds. The van der Waals surface area contributed by atoms with Crippen LogP contribution in [0.1, 0.15) is 96.3 Å². The van der Waals surface area contributed by atoms with Gasteiger partial charge in [-0.15, -0.1) is 0 Å². The number of hydrogen-bond acceptors (Lipinski definition) is 2. The first-order chi connectivity index (χ1) is 11.1. The fraction of sp³-hybridized carbons (Fsp3) is 1.00. The highest BCUT2D eigenvalue weighted by Gasteiger charge is 2.21. The van der Waals surface area contributed by atoms with Crippen LogP contribution in [0.25, 0.3) is 0 Å². The first-order valence-electron chi connectivity index (χ1n) is 9.74. The molecule has 1 heterocycles. The Morgan fingerprint density at radius 2 is 1.09 bits per heavy atom. The van der Waals surface area contributed by atoms with E-state index in [4.69, 9.17) is 4.74 Å². The third-order valence-corrected chi connectivity index (χ3v) is 5.60. The van der Waals surface area contributed by atoms with Crippen LogP contribution in [-0.2, 0) is 9.30 Å². The molecule has 1 unspecified atom stereocenters. The lowest BCUT2D eigenvalue weighted by Gasteiger charge is -2.18. The van der Waals surface area contributed by atoms with Crippen molar-refractivity contribution in [3.8, 4) is 0 Å². The molecule has 1 saturated heterocycles. The fourth-order valence-electron chi connectivity index (χ4n) is 3.34. The molecule has 1 rings (SSSR count). The summed E-state index contributed by atoms with van der Waals surface area (Å²) >= 11 is 0. The molecule has 0 aliphatic carbocycles. The van der Waals surface area contributed by atoms with Gasteiger partial charge in [0, 0.05) is 6.61 Å². The average Bonchev–Trinajstić information content (AvgIpc) is 2.47. The van der Waals surface area contributed by atoms with Crippen LogP contribution in [0.2, 0.25) is 0 Å². The van der Waals surface area contributed by atoms with Crippen LogP contribution in [0.5, 0.6) is 0 Å². The summed E-state index contributed by atoms with van der Waals surface area (Å²) in [6, 6.07) is 0. The van der Waals surface area contributed by atoms with E-state index in [0.29, 0.717) is 6.61 Å². The Morgan fingerprint density at radius 1 is 0.696 bits per heavy atom. The second-order valence-corrected chi connectivity index (χ2v) is 8.77. The molecular weight excluding hydrogens is 311 g/mol. The molecular formula is C18H37O4P. The van der Waals surface area contributed by atoms with E-state index in [1.165, 1.54) is 70.6 Å². The fourth-order valence-corrected chi connectivity index (χ4v) is 4.16. The lowest BCUT2D eigenvalue weighted by molar-refractivity contribution is 0.0546. The lowest BCUT2D eigenvalue weighted by Crippen LogP contribution is -2.19. The highest BCUT2D eigenvalue weighted by molar-refractivity contribution is 7.51. The molecule has 0 aromatic heterocycles. The number of rotatable bonds is 2. The van der Waals surface area contributed by atoms with E-state index < -0.39 is 7.60 Å². The van der Waals surface area contributed by atoms with Gasteiger partial charge in [-0.25, -0.2) is 0 Å². The Kier molecular flexibility index (Phi) is 12.3. The SMILES string of the molecule is O=P(O)(O)CC1CCCCCCCCCCCCCCCCO1. The molecule has 5 heteroatoms. The number of hydrogen-bond donors (Lipinski definition) is 2. The summed E-state index contributed by atoms with van der Waals surface area (Å²) in [6.07, 6.45) is 18.1. The smallest absolute Gasteiger partial charge is 0.328 e. The van der Waals surface area contributed by atoms with E-state index >= 15 is 0 Å². The van der Waals surface area contributed by atoms with Crippen LogP contribution in [0.3, 0.4) is 0 Å². The van der Waals surface area contributed by atoms with Gasteiger partial charge in [-0.3, -0.25) is 4.57 Å². The second kappa shape index (κ2) is 13.4. The van der Waals surface area contributed by atoms with Crippen LogP contribution in [0.4, 0.5) is 0 Å². The second-order valence-electron chi connectivity index (χ2n) is 7.08. The molecule has 1 aliphatic heterocycles. The maximum Gasteiger partial charge on any atom is 0.328 e. The highest BCUT2D eigenvalue weighted by Crippen LogP contribution is 2.36. The molecule has 2 N–H and O–H groups in total. The monoisotopic (exact) mass is 348 g/mol. The van der Waals surface area contributed by atoms with E-state index in [-0.39, 0.29) is 12.3 Å². The van der Waals surface area contributed by atoms with Gasteiger partial charge in [-0.1, -0.05) is 83.5 Å². The predicted molar refractivity (Wildman–Crippen MR) is 95.9 cm³/mol. The van der Waals surface area contributed by atoms with Crippen LogP contribution < -0.4 is 0 Å². The maximum atomic E-state index is 11.2. The third kappa shape index (κ3) is 14.2. The van der Waals surface area contributed by atoms with E-state index in [9.17, 15) is 14.4 Å². The topological polar surface area (TPSA) is 66.8 Å². The van der Waals surface area contributed by atoms with E-state index in [1.54, 1.807) is 0 Å². The zero-order valence-corrected chi connectivity index (χ0v) is 15.7. The van der Waals surface area contributed by atoms with Crippen LogP contribution in [-0.4, -0.2) is 28.7 Å². The molecule has 1 aliphatic rings. The zero-order chi connectivity index (χ0) is 16.8. The molecule has 1 atom stereocenters. The molecule has 0 aromatic carbocycles. The summed E-state index contributed by atoms with van der Waals surface area (Å²) < 4.78 is 17.0. The minimum absolute atomic E-state index is 0.118. The van der Waals surface area contributed by atoms with Gasteiger partial charge in [0.2, 0.25) is 0 Å². The van der Waals surface area contributed by atoms with Crippen molar-refractivity contribution in [2.75, 3.05) is 12.8 Å². The molecule has 0 spiro atoms. The summed E-state index contributed by atoms with van der Waals surface area (Å²) in [7, 11) is -3.98. The Morgan fingerprint density at radius 3 is 1.52 bits per heavy atom. The first kappa shape index (κ1) is 21.2. The predicted octanol–water partition coefficient (Wildman–Crippen LogP) is 5.41. The average molecular weight is 348 g/mol. The van der Waals surface area contributed by atoms with E-state index in [2.05, 4.69) is 0 Å². The molecule has 1 fully saturated rings. The third-order valence-electron chi connectivity index (χ3n) is 4.72. The van der Waals surface area contributed by atoms with E-state index in [1.807, 2.05) is 0 Å². The number of ether oxygens (including phenoxy) is 1. The summed E-state index contributed by atoms with van der Waals surface area (Å²) in [6.45, 7) is 0.644. The Bertz CT molecular complexity index is 298. The van der Waals surface area contributed by atoms with Gasteiger partial charge >= 0.3 is 7.60 Å². The van der Waals surface area contributed by atoms with Crippen LogP contribution in [0.15, 0.2) is 0 Å². The molecule has 0 bridgehead atoms. The molecule has 0 saturated carbocycles. The highest BCUT2D eigenvalue weighted by atomic mass is 31.2. The van der Waals surface area contributed by atoms with Crippen molar-refractivity contribution in [2.45, 2.75) is 102 Å². The molecule has 138 valence electrons. The zero-order valence-electron chi connectivity index (χ0n) is 14.8. The van der Waals surface area contributed by atoms with Gasteiger partial charge in [-0.05, 0) is 12.8 Å². The van der Waals surface area contributed by atoms with Crippen LogP contribution in [0, 0.1) is 0 Å². The Labute approximate surface area is 142 Å². The molecule has 23 heavy (non-hydrogen) atoms. The Balaban J connectivity index is 2.31. The largest absolute Gasteiger partial charge is 0.378 e. The van der Waals surface area contributed by atoms with Gasteiger partial charge in [0.1, 0.15) is 0 Å². The van der Waals surface area contributed by atoms with Crippen molar-refractivity contribution in [3.05, 3.63) is 0 Å². The van der Waals surface area contributed by atoms with Crippen LogP contribution >= 0.6 is 7.60 Å². The summed E-state index contributed by atoms with van der Waals surface area (Å²) in [5.74, 6) is 0. The first-order valence-corrected chi connectivity index (χ1v) is 11.5. The summed E-state index contributed by atoms with van der Waals surface area (Å²) in [5.41, 5.74) is 0. The Hall–Kier alpha value is 0.110. The van der Waals surface area contributed by atoms with Crippen molar-refractivity contribution < 1.29 is 19.1 Å². The van der Waals surface area contributed by atoms with Gasteiger partial charge < -0.3 is 14.5 Å². The van der Waals surface area contributed by atoms with Crippen molar-refractivity contribution in [1.29, 1.82) is 0 Å². The normalized spacial score (nSPS) is 25.4.